The number of hydrogen-bond acceptors (Lipinski definition) is 5. The minimum atomic E-state index is -5.08. The SMILES string of the molecule is CS(=O)(=O)c1cc(F)c(CN2CCCN(C3CCNCC3)C2=O)c(F)c1.O=C(O)C(F)(F)F. The average molecular weight is 501 g/mol. The average Bonchev–Trinajstić information content (AvgIpc) is 2.71. The summed E-state index contributed by atoms with van der Waals surface area (Å²) in [6.45, 7) is 2.57. The zero-order valence-corrected chi connectivity index (χ0v) is 18.5. The Hall–Kier alpha value is -2.48. The van der Waals surface area contributed by atoms with Gasteiger partial charge in [-0.2, -0.15) is 13.2 Å². The van der Waals surface area contributed by atoms with E-state index < -0.39 is 38.5 Å². The molecule has 8 nitrogen and oxygen atoms in total. The molecular weight excluding hydrogens is 477 g/mol. The maximum Gasteiger partial charge on any atom is 0.490 e. The monoisotopic (exact) mass is 501 g/mol. The van der Waals surface area contributed by atoms with E-state index in [1.54, 1.807) is 4.90 Å². The second kappa shape index (κ2) is 10.6. The number of piperidine rings is 1. The van der Waals surface area contributed by atoms with Gasteiger partial charge in [0.1, 0.15) is 11.6 Å². The first kappa shape index (κ1) is 26.8. The molecule has 2 fully saturated rings. The van der Waals surface area contributed by atoms with Gasteiger partial charge in [0, 0.05) is 31.0 Å². The molecule has 0 saturated carbocycles. The predicted molar refractivity (Wildman–Crippen MR) is 106 cm³/mol. The van der Waals surface area contributed by atoms with E-state index in [0.717, 1.165) is 50.7 Å². The van der Waals surface area contributed by atoms with Crippen LogP contribution in [0.1, 0.15) is 24.8 Å². The fraction of sp³-hybridized carbons (Fsp3) is 0.579. The largest absolute Gasteiger partial charge is 0.490 e. The van der Waals surface area contributed by atoms with Crippen LogP contribution in [0.5, 0.6) is 0 Å². The summed E-state index contributed by atoms with van der Waals surface area (Å²) in [4.78, 5) is 24.5. The fourth-order valence-electron chi connectivity index (χ4n) is 3.54. The Kier molecular flexibility index (Phi) is 8.63. The summed E-state index contributed by atoms with van der Waals surface area (Å²) >= 11 is 0. The van der Waals surface area contributed by atoms with Crippen LogP contribution in [0.3, 0.4) is 0 Å². The van der Waals surface area contributed by atoms with E-state index in [9.17, 15) is 35.2 Å². The Balaban J connectivity index is 0.000000479. The summed E-state index contributed by atoms with van der Waals surface area (Å²) in [5, 5.41) is 10.4. The molecule has 2 amide bonds. The van der Waals surface area contributed by atoms with Crippen molar-refractivity contribution in [2.75, 3.05) is 32.4 Å². The zero-order chi connectivity index (χ0) is 25.0. The van der Waals surface area contributed by atoms with Crippen molar-refractivity contribution in [2.24, 2.45) is 0 Å². The lowest BCUT2D eigenvalue weighted by atomic mass is 10.0. The van der Waals surface area contributed by atoms with Crippen LogP contribution in [0.25, 0.3) is 0 Å². The molecule has 3 rings (SSSR count). The molecule has 2 saturated heterocycles. The van der Waals surface area contributed by atoms with Gasteiger partial charge in [-0.25, -0.2) is 26.8 Å². The molecule has 2 heterocycles. The number of sulfone groups is 1. The van der Waals surface area contributed by atoms with E-state index in [2.05, 4.69) is 5.32 Å². The molecule has 0 aliphatic carbocycles. The Morgan fingerprint density at radius 3 is 2.12 bits per heavy atom. The van der Waals surface area contributed by atoms with Crippen LogP contribution in [-0.4, -0.2) is 80.0 Å². The number of carboxylic acids is 1. The van der Waals surface area contributed by atoms with Crippen molar-refractivity contribution in [1.29, 1.82) is 0 Å². The summed E-state index contributed by atoms with van der Waals surface area (Å²) in [6.07, 6.45) is -1.72. The number of aliphatic carboxylic acids is 1. The molecule has 33 heavy (non-hydrogen) atoms. The van der Waals surface area contributed by atoms with Gasteiger partial charge in [-0.05, 0) is 44.5 Å². The van der Waals surface area contributed by atoms with Crippen molar-refractivity contribution in [3.8, 4) is 0 Å². The molecule has 0 radical (unpaired) electrons. The minimum absolute atomic E-state index is 0.147. The normalized spacial score (nSPS) is 18.1. The number of rotatable bonds is 4. The molecule has 2 aliphatic heterocycles. The van der Waals surface area contributed by atoms with E-state index in [1.165, 1.54) is 4.90 Å². The number of alkyl halides is 3. The van der Waals surface area contributed by atoms with E-state index in [4.69, 9.17) is 9.90 Å². The smallest absolute Gasteiger partial charge is 0.475 e. The van der Waals surface area contributed by atoms with Crippen LogP contribution in [0.4, 0.5) is 26.7 Å². The highest BCUT2D eigenvalue weighted by Gasteiger charge is 2.38. The highest BCUT2D eigenvalue weighted by Crippen LogP contribution is 2.24. The molecule has 0 bridgehead atoms. The fourth-order valence-corrected chi connectivity index (χ4v) is 4.18. The number of nitrogens with one attached hydrogen (secondary N) is 1. The quantitative estimate of drug-likeness (QED) is 0.614. The van der Waals surface area contributed by atoms with Gasteiger partial charge >= 0.3 is 18.2 Å². The number of urea groups is 1. The topological polar surface area (TPSA) is 107 Å². The van der Waals surface area contributed by atoms with Gasteiger partial charge in [-0.1, -0.05) is 0 Å². The highest BCUT2D eigenvalue weighted by atomic mass is 32.2. The number of halogens is 5. The first-order chi connectivity index (χ1) is 15.2. The third-order valence-corrected chi connectivity index (χ3v) is 6.32. The lowest BCUT2D eigenvalue weighted by Crippen LogP contribution is -2.55. The van der Waals surface area contributed by atoms with Gasteiger partial charge in [0.15, 0.2) is 9.84 Å². The summed E-state index contributed by atoms with van der Waals surface area (Å²) in [5.74, 6) is -4.65. The molecule has 0 unspecified atom stereocenters. The van der Waals surface area contributed by atoms with Crippen LogP contribution in [0.15, 0.2) is 17.0 Å². The number of carbonyl (C=O) groups excluding carboxylic acids is 1. The number of amides is 2. The van der Waals surface area contributed by atoms with Gasteiger partial charge in [0.2, 0.25) is 0 Å². The number of benzene rings is 1. The molecule has 0 aromatic heterocycles. The van der Waals surface area contributed by atoms with Crippen LogP contribution in [0, 0.1) is 11.6 Å². The molecule has 0 atom stereocenters. The number of carbonyl (C=O) groups is 2. The van der Waals surface area contributed by atoms with Crippen LogP contribution < -0.4 is 5.32 Å². The molecule has 14 heteroatoms. The van der Waals surface area contributed by atoms with Crippen molar-refractivity contribution >= 4 is 21.8 Å². The van der Waals surface area contributed by atoms with Crippen LogP contribution in [0.2, 0.25) is 0 Å². The third-order valence-electron chi connectivity index (χ3n) is 5.23. The minimum Gasteiger partial charge on any atom is -0.475 e. The molecule has 0 spiro atoms. The highest BCUT2D eigenvalue weighted by molar-refractivity contribution is 7.90. The summed E-state index contributed by atoms with van der Waals surface area (Å²) < 4.78 is 83.4. The molecule has 1 aromatic carbocycles. The van der Waals surface area contributed by atoms with E-state index >= 15 is 0 Å². The van der Waals surface area contributed by atoms with Crippen molar-refractivity contribution in [3.63, 3.8) is 0 Å². The molecule has 2 aliphatic rings. The van der Waals surface area contributed by atoms with Crippen molar-refractivity contribution in [1.82, 2.24) is 15.1 Å². The molecule has 1 aromatic rings. The first-order valence-corrected chi connectivity index (χ1v) is 11.8. The maximum absolute atomic E-state index is 14.3. The summed E-state index contributed by atoms with van der Waals surface area (Å²) in [7, 11) is -3.71. The molecule has 2 N–H and O–H groups in total. The molecular formula is C19H24F5N3O5S. The lowest BCUT2D eigenvalue weighted by Gasteiger charge is -2.41. The van der Waals surface area contributed by atoms with Crippen LogP contribution >= 0.6 is 0 Å². The third kappa shape index (κ3) is 7.25. The number of nitrogens with zero attached hydrogens (tertiary/aromatic N) is 2. The maximum atomic E-state index is 14.3. The Morgan fingerprint density at radius 2 is 1.67 bits per heavy atom. The van der Waals surface area contributed by atoms with Crippen molar-refractivity contribution in [2.45, 2.75) is 42.9 Å². The Labute approximate surface area is 187 Å². The van der Waals surface area contributed by atoms with Crippen LogP contribution in [-0.2, 0) is 21.2 Å². The first-order valence-electron chi connectivity index (χ1n) is 9.96. The second-order valence-electron chi connectivity index (χ2n) is 7.67. The van der Waals surface area contributed by atoms with E-state index in [0.29, 0.717) is 13.1 Å². The van der Waals surface area contributed by atoms with Gasteiger partial charge in [-0.3, -0.25) is 0 Å². The standard InChI is InChI=1S/C17H23F2N3O3S.C2HF3O2/c1-26(24,25)13-9-15(18)14(16(19)10-13)11-21-7-2-8-22(17(21)23)12-3-5-20-6-4-12;3-2(4,5)1(6)7/h9-10,12,20H,2-8,11H2,1H3;(H,6,7). The van der Waals surface area contributed by atoms with Crippen molar-refractivity contribution in [3.05, 3.63) is 29.3 Å². The zero-order valence-electron chi connectivity index (χ0n) is 17.7. The van der Waals surface area contributed by atoms with Gasteiger partial charge in [0.25, 0.3) is 0 Å². The summed E-state index contributed by atoms with van der Waals surface area (Å²) in [5.41, 5.74) is -0.280. The lowest BCUT2D eigenvalue weighted by molar-refractivity contribution is -0.192. The molecule has 186 valence electrons. The van der Waals surface area contributed by atoms with Crippen molar-refractivity contribution < 1.29 is 45.1 Å². The Morgan fingerprint density at radius 1 is 1.15 bits per heavy atom. The van der Waals surface area contributed by atoms with E-state index in [-0.39, 0.29) is 24.2 Å². The number of hydrogen-bond donors (Lipinski definition) is 2. The van der Waals surface area contributed by atoms with E-state index in [1.807, 2.05) is 0 Å². The second-order valence-corrected chi connectivity index (χ2v) is 9.69. The predicted octanol–water partition coefficient (Wildman–Crippen LogP) is 2.38. The number of carboxylic acid groups (broad SMARTS) is 1. The van der Waals surface area contributed by atoms with Gasteiger partial charge in [-0.15, -0.1) is 0 Å². The van der Waals surface area contributed by atoms with Gasteiger partial charge in [0.05, 0.1) is 11.4 Å². The van der Waals surface area contributed by atoms with Gasteiger partial charge < -0.3 is 20.2 Å². The summed E-state index contributed by atoms with van der Waals surface area (Å²) in [6, 6.07) is 1.56. The Bertz CT molecular complexity index is 958.